The molecule has 0 radical (unpaired) electrons. The summed E-state index contributed by atoms with van der Waals surface area (Å²) in [5.41, 5.74) is 1.34. The minimum Gasteiger partial charge on any atom is -0.383 e. The van der Waals surface area contributed by atoms with Crippen molar-refractivity contribution >= 4 is 23.3 Å². The van der Waals surface area contributed by atoms with Gasteiger partial charge in [0.05, 0.1) is 6.61 Å². The Kier molecular flexibility index (Phi) is 5.66. The van der Waals surface area contributed by atoms with E-state index < -0.39 is 0 Å². The SMILES string of the molecule is COCCNC(=O)Nc1ccc(NC(C)=O)cc1. The van der Waals surface area contributed by atoms with Gasteiger partial charge in [0.2, 0.25) is 5.91 Å². The molecule has 0 aliphatic heterocycles. The van der Waals surface area contributed by atoms with Gasteiger partial charge in [0, 0.05) is 32.0 Å². The Labute approximate surface area is 106 Å². The summed E-state index contributed by atoms with van der Waals surface area (Å²) in [5, 5.41) is 7.94. The number of rotatable bonds is 5. The number of urea groups is 1. The lowest BCUT2D eigenvalue weighted by atomic mass is 10.3. The summed E-state index contributed by atoms with van der Waals surface area (Å²) in [4.78, 5) is 22.2. The van der Waals surface area contributed by atoms with E-state index in [2.05, 4.69) is 16.0 Å². The molecule has 0 aromatic heterocycles. The van der Waals surface area contributed by atoms with Gasteiger partial charge in [0.15, 0.2) is 0 Å². The molecule has 0 bridgehead atoms. The molecule has 0 aliphatic rings. The van der Waals surface area contributed by atoms with Crippen molar-refractivity contribution in [2.45, 2.75) is 6.92 Å². The Morgan fingerprint density at radius 2 is 1.67 bits per heavy atom. The van der Waals surface area contributed by atoms with E-state index >= 15 is 0 Å². The topological polar surface area (TPSA) is 79.5 Å². The van der Waals surface area contributed by atoms with E-state index in [-0.39, 0.29) is 11.9 Å². The van der Waals surface area contributed by atoms with Gasteiger partial charge in [0.1, 0.15) is 0 Å². The molecular weight excluding hydrogens is 234 g/mol. The lowest BCUT2D eigenvalue weighted by Gasteiger charge is -2.08. The number of hydrogen-bond donors (Lipinski definition) is 3. The lowest BCUT2D eigenvalue weighted by Crippen LogP contribution is -2.31. The highest BCUT2D eigenvalue weighted by molar-refractivity contribution is 5.91. The lowest BCUT2D eigenvalue weighted by molar-refractivity contribution is -0.114. The standard InChI is InChI=1S/C12H17N3O3/c1-9(16)14-10-3-5-11(6-4-10)15-12(17)13-7-8-18-2/h3-6H,7-8H2,1-2H3,(H,14,16)(H2,13,15,17). The van der Waals surface area contributed by atoms with Gasteiger partial charge in [-0.2, -0.15) is 0 Å². The molecule has 1 rings (SSSR count). The monoisotopic (exact) mass is 251 g/mol. The van der Waals surface area contributed by atoms with E-state index in [1.165, 1.54) is 6.92 Å². The second-order valence-electron chi connectivity index (χ2n) is 3.63. The van der Waals surface area contributed by atoms with E-state index in [0.717, 1.165) is 0 Å². The fourth-order valence-corrected chi connectivity index (χ4v) is 1.28. The smallest absolute Gasteiger partial charge is 0.319 e. The minimum absolute atomic E-state index is 0.131. The first-order chi connectivity index (χ1) is 8.61. The molecule has 1 aromatic rings. The van der Waals surface area contributed by atoms with Crippen molar-refractivity contribution in [3.05, 3.63) is 24.3 Å². The third kappa shape index (κ3) is 5.31. The summed E-state index contributed by atoms with van der Waals surface area (Å²) in [6.45, 7) is 2.36. The number of hydrogen-bond acceptors (Lipinski definition) is 3. The molecule has 0 fully saturated rings. The highest BCUT2D eigenvalue weighted by Crippen LogP contribution is 2.13. The molecule has 0 spiro atoms. The van der Waals surface area contributed by atoms with Crippen molar-refractivity contribution in [3.63, 3.8) is 0 Å². The van der Waals surface area contributed by atoms with Crippen LogP contribution in [0.15, 0.2) is 24.3 Å². The van der Waals surface area contributed by atoms with Gasteiger partial charge < -0.3 is 20.7 Å². The molecule has 0 unspecified atom stereocenters. The van der Waals surface area contributed by atoms with Crippen molar-refractivity contribution in [3.8, 4) is 0 Å². The van der Waals surface area contributed by atoms with Crippen molar-refractivity contribution in [1.82, 2.24) is 5.32 Å². The van der Waals surface area contributed by atoms with Gasteiger partial charge in [-0.1, -0.05) is 0 Å². The molecule has 0 heterocycles. The van der Waals surface area contributed by atoms with Crippen molar-refractivity contribution in [1.29, 1.82) is 0 Å². The highest BCUT2D eigenvalue weighted by Gasteiger charge is 2.01. The first-order valence-corrected chi connectivity index (χ1v) is 5.53. The summed E-state index contributed by atoms with van der Waals surface area (Å²) in [7, 11) is 1.57. The number of methoxy groups -OCH3 is 1. The van der Waals surface area contributed by atoms with Gasteiger partial charge in [0.25, 0.3) is 0 Å². The van der Waals surface area contributed by atoms with Crippen molar-refractivity contribution < 1.29 is 14.3 Å². The largest absolute Gasteiger partial charge is 0.383 e. The molecule has 6 nitrogen and oxygen atoms in total. The fraction of sp³-hybridized carbons (Fsp3) is 0.333. The number of carbonyl (C=O) groups excluding carboxylic acids is 2. The zero-order chi connectivity index (χ0) is 13.4. The Bertz CT molecular complexity index is 404. The molecule has 0 saturated carbocycles. The molecule has 6 heteroatoms. The van der Waals surface area contributed by atoms with Crippen LogP contribution < -0.4 is 16.0 Å². The fourth-order valence-electron chi connectivity index (χ4n) is 1.28. The third-order valence-electron chi connectivity index (χ3n) is 2.05. The average molecular weight is 251 g/mol. The summed E-state index contributed by atoms with van der Waals surface area (Å²) >= 11 is 0. The minimum atomic E-state index is -0.292. The van der Waals surface area contributed by atoms with Crippen LogP contribution in [0.4, 0.5) is 16.2 Å². The highest BCUT2D eigenvalue weighted by atomic mass is 16.5. The van der Waals surface area contributed by atoms with Crippen LogP contribution in [0.2, 0.25) is 0 Å². The van der Waals surface area contributed by atoms with Crippen LogP contribution in [0.5, 0.6) is 0 Å². The second kappa shape index (κ2) is 7.29. The number of nitrogens with one attached hydrogen (secondary N) is 3. The van der Waals surface area contributed by atoms with Crippen LogP contribution in [0, 0.1) is 0 Å². The van der Waals surface area contributed by atoms with Crippen molar-refractivity contribution in [2.24, 2.45) is 0 Å². The second-order valence-corrected chi connectivity index (χ2v) is 3.63. The maximum absolute atomic E-state index is 11.4. The zero-order valence-electron chi connectivity index (χ0n) is 10.4. The van der Waals surface area contributed by atoms with E-state index in [4.69, 9.17) is 4.74 Å². The van der Waals surface area contributed by atoms with Gasteiger partial charge >= 0.3 is 6.03 Å². The molecule has 98 valence electrons. The predicted molar refractivity (Wildman–Crippen MR) is 69.6 cm³/mol. The van der Waals surface area contributed by atoms with Crippen LogP contribution in [0.25, 0.3) is 0 Å². The van der Waals surface area contributed by atoms with Crippen LogP contribution >= 0.6 is 0 Å². The average Bonchev–Trinajstić information content (AvgIpc) is 2.31. The number of anilines is 2. The first kappa shape index (κ1) is 14.0. The summed E-state index contributed by atoms with van der Waals surface area (Å²) < 4.78 is 4.81. The van der Waals surface area contributed by atoms with Gasteiger partial charge in [-0.3, -0.25) is 4.79 Å². The maximum atomic E-state index is 11.4. The quantitative estimate of drug-likeness (QED) is 0.692. The van der Waals surface area contributed by atoms with Crippen LogP contribution in [0.3, 0.4) is 0 Å². The van der Waals surface area contributed by atoms with E-state index in [1.54, 1.807) is 31.4 Å². The molecule has 3 amide bonds. The van der Waals surface area contributed by atoms with E-state index in [0.29, 0.717) is 24.5 Å². The molecule has 0 aliphatic carbocycles. The Morgan fingerprint density at radius 1 is 1.11 bits per heavy atom. The molecule has 3 N–H and O–H groups in total. The number of benzene rings is 1. The number of amides is 3. The van der Waals surface area contributed by atoms with E-state index in [9.17, 15) is 9.59 Å². The maximum Gasteiger partial charge on any atom is 0.319 e. The molecule has 0 saturated heterocycles. The summed E-state index contributed by atoms with van der Waals surface area (Å²) in [5.74, 6) is -0.131. The van der Waals surface area contributed by atoms with Crippen LogP contribution in [-0.4, -0.2) is 32.2 Å². The Hall–Kier alpha value is -2.08. The summed E-state index contributed by atoms with van der Waals surface area (Å²) in [6.07, 6.45) is 0. The summed E-state index contributed by atoms with van der Waals surface area (Å²) in [6, 6.07) is 6.56. The Morgan fingerprint density at radius 3 is 2.17 bits per heavy atom. The number of ether oxygens (including phenoxy) is 1. The first-order valence-electron chi connectivity index (χ1n) is 5.53. The molecule has 0 atom stereocenters. The van der Waals surface area contributed by atoms with Crippen molar-refractivity contribution in [2.75, 3.05) is 30.9 Å². The zero-order valence-corrected chi connectivity index (χ0v) is 10.4. The molecule has 1 aromatic carbocycles. The molecular formula is C12H17N3O3. The van der Waals surface area contributed by atoms with Gasteiger partial charge in [-0.05, 0) is 24.3 Å². The van der Waals surface area contributed by atoms with E-state index in [1.807, 2.05) is 0 Å². The Balaban J connectivity index is 2.43. The predicted octanol–water partition coefficient (Wildman–Crippen LogP) is 1.41. The van der Waals surface area contributed by atoms with Gasteiger partial charge in [-0.25, -0.2) is 4.79 Å². The third-order valence-corrected chi connectivity index (χ3v) is 2.05. The number of carbonyl (C=O) groups is 2. The van der Waals surface area contributed by atoms with Crippen LogP contribution in [0.1, 0.15) is 6.92 Å². The molecule has 18 heavy (non-hydrogen) atoms. The normalized spacial score (nSPS) is 9.67. The van der Waals surface area contributed by atoms with Crippen LogP contribution in [-0.2, 0) is 9.53 Å². The van der Waals surface area contributed by atoms with Gasteiger partial charge in [-0.15, -0.1) is 0 Å².